The van der Waals surface area contributed by atoms with Crippen LogP contribution in [0.1, 0.15) is 15.9 Å². The van der Waals surface area contributed by atoms with Crippen LogP contribution in [0, 0.1) is 6.92 Å². The SMILES string of the molecule is Cc1ccncc1C(=O)C1CN(C)CCO1. The number of hydrogen-bond acceptors (Lipinski definition) is 4. The van der Waals surface area contributed by atoms with Gasteiger partial charge in [-0.3, -0.25) is 9.78 Å². The molecule has 0 spiro atoms. The first-order valence-electron chi connectivity index (χ1n) is 5.43. The highest BCUT2D eigenvalue weighted by Crippen LogP contribution is 2.13. The molecule has 1 unspecified atom stereocenters. The number of pyridine rings is 1. The summed E-state index contributed by atoms with van der Waals surface area (Å²) in [4.78, 5) is 18.3. The standard InChI is InChI=1S/C12H16N2O2/c1-9-3-4-13-7-10(9)12(15)11-8-14(2)5-6-16-11/h3-4,7,11H,5-6,8H2,1-2H3. The predicted octanol–water partition coefficient (Wildman–Crippen LogP) is 0.903. The van der Waals surface area contributed by atoms with Gasteiger partial charge in [-0.1, -0.05) is 0 Å². The minimum atomic E-state index is -0.346. The molecule has 0 amide bonds. The van der Waals surface area contributed by atoms with Gasteiger partial charge in [-0.15, -0.1) is 0 Å². The fraction of sp³-hybridized carbons (Fsp3) is 0.500. The summed E-state index contributed by atoms with van der Waals surface area (Å²) in [7, 11) is 2.00. The van der Waals surface area contributed by atoms with Crippen LogP contribution in [0.5, 0.6) is 0 Å². The predicted molar refractivity (Wildman–Crippen MR) is 60.5 cm³/mol. The molecule has 1 aliphatic rings. The third kappa shape index (κ3) is 2.28. The van der Waals surface area contributed by atoms with Crippen LogP contribution in [0.2, 0.25) is 0 Å². The summed E-state index contributed by atoms with van der Waals surface area (Å²) in [5.41, 5.74) is 1.62. The summed E-state index contributed by atoms with van der Waals surface area (Å²) < 4.78 is 5.50. The summed E-state index contributed by atoms with van der Waals surface area (Å²) >= 11 is 0. The zero-order chi connectivity index (χ0) is 11.5. The molecule has 86 valence electrons. The number of morpholine rings is 1. The van der Waals surface area contributed by atoms with Gasteiger partial charge >= 0.3 is 0 Å². The summed E-state index contributed by atoms with van der Waals surface area (Å²) in [5.74, 6) is 0.0390. The Morgan fingerprint density at radius 2 is 2.44 bits per heavy atom. The van der Waals surface area contributed by atoms with E-state index < -0.39 is 0 Å². The van der Waals surface area contributed by atoms with Crippen LogP contribution in [0.4, 0.5) is 0 Å². The molecule has 1 aromatic heterocycles. The lowest BCUT2D eigenvalue weighted by Crippen LogP contribution is -2.44. The number of carbonyl (C=O) groups excluding carboxylic acids is 1. The molecule has 2 rings (SSSR count). The minimum absolute atomic E-state index is 0.0390. The fourth-order valence-electron chi connectivity index (χ4n) is 1.83. The van der Waals surface area contributed by atoms with Crippen molar-refractivity contribution < 1.29 is 9.53 Å². The van der Waals surface area contributed by atoms with E-state index in [9.17, 15) is 4.79 Å². The lowest BCUT2D eigenvalue weighted by atomic mass is 10.0. The molecule has 0 N–H and O–H groups in total. The van der Waals surface area contributed by atoms with Crippen LogP contribution in [-0.4, -0.2) is 48.5 Å². The maximum Gasteiger partial charge on any atom is 0.194 e. The van der Waals surface area contributed by atoms with Gasteiger partial charge < -0.3 is 9.64 Å². The summed E-state index contributed by atoms with van der Waals surface area (Å²) in [6.45, 7) is 4.08. The summed E-state index contributed by atoms with van der Waals surface area (Å²) in [6.07, 6.45) is 2.97. The van der Waals surface area contributed by atoms with Crippen molar-refractivity contribution >= 4 is 5.78 Å². The van der Waals surface area contributed by atoms with Crippen LogP contribution in [0.15, 0.2) is 18.5 Å². The number of hydrogen-bond donors (Lipinski definition) is 0. The number of ketones is 1. The Balaban J connectivity index is 2.16. The first kappa shape index (κ1) is 11.2. The first-order valence-corrected chi connectivity index (χ1v) is 5.43. The van der Waals surface area contributed by atoms with Gasteiger partial charge in [0, 0.05) is 31.0 Å². The Morgan fingerprint density at radius 1 is 1.62 bits per heavy atom. The van der Waals surface area contributed by atoms with Gasteiger partial charge in [0.25, 0.3) is 0 Å². The largest absolute Gasteiger partial charge is 0.367 e. The van der Waals surface area contributed by atoms with E-state index in [-0.39, 0.29) is 11.9 Å². The summed E-state index contributed by atoms with van der Waals surface area (Å²) in [5, 5.41) is 0. The molecular formula is C12H16N2O2. The number of likely N-dealkylation sites (N-methyl/N-ethyl adjacent to an activating group) is 1. The molecule has 2 heterocycles. The molecule has 0 aromatic carbocycles. The molecule has 0 aliphatic carbocycles. The summed E-state index contributed by atoms with van der Waals surface area (Å²) in [6, 6.07) is 1.85. The van der Waals surface area contributed by atoms with Crippen molar-refractivity contribution in [3.05, 3.63) is 29.6 Å². The normalized spacial score (nSPS) is 22.0. The quantitative estimate of drug-likeness (QED) is 0.695. The van der Waals surface area contributed by atoms with E-state index in [1.165, 1.54) is 0 Å². The highest BCUT2D eigenvalue weighted by atomic mass is 16.5. The van der Waals surface area contributed by atoms with E-state index in [4.69, 9.17) is 4.74 Å². The van der Waals surface area contributed by atoms with Gasteiger partial charge in [-0.05, 0) is 25.6 Å². The van der Waals surface area contributed by atoms with Crippen molar-refractivity contribution in [3.63, 3.8) is 0 Å². The van der Waals surface area contributed by atoms with Gasteiger partial charge in [-0.25, -0.2) is 0 Å². The zero-order valence-corrected chi connectivity index (χ0v) is 9.64. The third-order valence-electron chi connectivity index (χ3n) is 2.87. The average molecular weight is 220 g/mol. The maximum absolute atomic E-state index is 12.2. The fourth-order valence-corrected chi connectivity index (χ4v) is 1.83. The Hall–Kier alpha value is -1.26. The molecule has 1 saturated heterocycles. The number of rotatable bonds is 2. The smallest absolute Gasteiger partial charge is 0.194 e. The van der Waals surface area contributed by atoms with E-state index in [2.05, 4.69) is 9.88 Å². The van der Waals surface area contributed by atoms with Crippen LogP contribution in [0.3, 0.4) is 0 Å². The van der Waals surface area contributed by atoms with Crippen LogP contribution < -0.4 is 0 Å². The van der Waals surface area contributed by atoms with Gasteiger partial charge in [0.05, 0.1) is 6.61 Å². The second-order valence-electron chi connectivity index (χ2n) is 4.18. The van der Waals surface area contributed by atoms with Crippen molar-refractivity contribution in [2.75, 3.05) is 26.7 Å². The Bertz CT molecular complexity index is 392. The first-order chi connectivity index (χ1) is 7.68. The van der Waals surface area contributed by atoms with Gasteiger partial charge in [0.15, 0.2) is 5.78 Å². The number of Topliss-reactive ketones (excluding diaryl/α,β-unsaturated/α-hetero) is 1. The van der Waals surface area contributed by atoms with Crippen molar-refractivity contribution in [2.45, 2.75) is 13.0 Å². The number of aromatic nitrogens is 1. The second kappa shape index (κ2) is 4.72. The monoisotopic (exact) mass is 220 g/mol. The third-order valence-corrected chi connectivity index (χ3v) is 2.87. The molecule has 1 aliphatic heterocycles. The molecule has 1 atom stereocenters. The molecule has 1 aromatic rings. The lowest BCUT2D eigenvalue weighted by Gasteiger charge is -2.29. The van der Waals surface area contributed by atoms with Crippen LogP contribution >= 0.6 is 0 Å². The molecule has 16 heavy (non-hydrogen) atoms. The van der Waals surface area contributed by atoms with E-state index in [1.807, 2.05) is 20.0 Å². The molecule has 0 saturated carbocycles. The second-order valence-corrected chi connectivity index (χ2v) is 4.18. The lowest BCUT2D eigenvalue weighted by molar-refractivity contribution is -0.00867. The van der Waals surface area contributed by atoms with Gasteiger partial charge in [0.2, 0.25) is 0 Å². The zero-order valence-electron chi connectivity index (χ0n) is 9.64. The molecule has 0 bridgehead atoms. The number of aryl methyl sites for hydroxylation is 1. The van der Waals surface area contributed by atoms with E-state index in [1.54, 1.807) is 12.4 Å². The van der Waals surface area contributed by atoms with Crippen LogP contribution in [-0.2, 0) is 4.74 Å². The topological polar surface area (TPSA) is 42.4 Å². The Labute approximate surface area is 95.2 Å². The van der Waals surface area contributed by atoms with Crippen LogP contribution in [0.25, 0.3) is 0 Å². The maximum atomic E-state index is 12.2. The van der Waals surface area contributed by atoms with Crippen molar-refractivity contribution in [1.29, 1.82) is 0 Å². The van der Waals surface area contributed by atoms with Gasteiger partial charge in [0.1, 0.15) is 6.10 Å². The molecular weight excluding hydrogens is 204 g/mol. The molecule has 0 radical (unpaired) electrons. The Morgan fingerprint density at radius 3 is 3.12 bits per heavy atom. The van der Waals surface area contributed by atoms with Crippen molar-refractivity contribution in [3.8, 4) is 0 Å². The Kier molecular flexibility index (Phi) is 3.31. The minimum Gasteiger partial charge on any atom is -0.367 e. The molecule has 4 nitrogen and oxygen atoms in total. The highest BCUT2D eigenvalue weighted by molar-refractivity contribution is 6.00. The van der Waals surface area contributed by atoms with Crippen molar-refractivity contribution in [1.82, 2.24) is 9.88 Å². The van der Waals surface area contributed by atoms with Gasteiger partial charge in [-0.2, -0.15) is 0 Å². The number of carbonyl (C=O) groups is 1. The molecule has 1 fully saturated rings. The van der Waals surface area contributed by atoms with E-state index >= 15 is 0 Å². The number of ether oxygens (including phenoxy) is 1. The highest BCUT2D eigenvalue weighted by Gasteiger charge is 2.26. The van der Waals surface area contributed by atoms with E-state index in [0.717, 1.165) is 12.1 Å². The molecule has 4 heteroatoms. The van der Waals surface area contributed by atoms with E-state index in [0.29, 0.717) is 18.7 Å². The van der Waals surface area contributed by atoms with Crippen molar-refractivity contribution in [2.24, 2.45) is 0 Å². The average Bonchev–Trinajstić information content (AvgIpc) is 2.29. The number of nitrogens with zero attached hydrogens (tertiary/aromatic N) is 2.